The van der Waals surface area contributed by atoms with Gasteiger partial charge >= 0.3 is 18.9 Å². The monoisotopic (exact) mass is 313 g/mol. The summed E-state index contributed by atoms with van der Waals surface area (Å²) in [5.74, 6) is -0.253. The number of rotatable bonds is 3. The van der Waals surface area contributed by atoms with Crippen LogP contribution in [0, 0.1) is 0 Å². The van der Waals surface area contributed by atoms with Crippen LogP contribution in [0.5, 0.6) is 0 Å². The molecule has 0 aliphatic rings. The second kappa shape index (κ2) is 8.31. The molecule has 0 aromatic heterocycles. The number of benzene rings is 2. The molecule has 1 amide bonds. The van der Waals surface area contributed by atoms with Crippen molar-refractivity contribution in [3.8, 4) is 0 Å². The van der Waals surface area contributed by atoms with E-state index in [0.717, 1.165) is 11.3 Å². The molecule has 104 valence electrons. The van der Waals surface area contributed by atoms with E-state index in [9.17, 15) is 4.79 Å². The van der Waals surface area contributed by atoms with E-state index in [1.165, 1.54) is 0 Å². The first kappa shape index (κ1) is 17.9. The summed E-state index contributed by atoms with van der Waals surface area (Å²) >= 11 is 11.8. The molecule has 2 aromatic rings. The van der Waals surface area contributed by atoms with Crippen LogP contribution < -0.4 is 24.2 Å². The predicted octanol–water partition coefficient (Wildman–Crippen LogP) is 1.90. The summed E-state index contributed by atoms with van der Waals surface area (Å²) in [4.78, 5) is 12.1. The zero-order valence-electron chi connectivity index (χ0n) is 12.9. The molecule has 0 fully saturated rings. The van der Waals surface area contributed by atoms with Gasteiger partial charge in [-0.3, -0.25) is 4.79 Å². The normalized spacial score (nSPS) is 10.7. The molecule has 5 heteroatoms. The van der Waals surface area contributed by atoms with Gasteiger partial charge in [-0.15, -0.1) is 0 Å². The Hall–Kier alpha value is -1.17. The molecule has 2 aromatic carbocycles. The Balaban J connectivity index is 0.00000220. The van der Waals surface area contributed by atoms with E-state index in [4.69, 9.17) is 23.2 Å². The fraction of sp³-hybridized carbons (Fsp3) is 0.0625. The smallest absolute Gasteiger partial charge is 1.00 e. The van der Waals surface area contributed by atoms with E-state index in [0.29, 0.717) is 15.6 Å². The Kier molecular flexibility index (Phi) is 7.08. The first-order chi connectivity index (χ1) is 9.56. The Morgan fingerprint density at radius 3 is 2.43 bits per heavy atom. The summed E-state index contributed by atoms with van der Waals surface area (Å²) in [7, 11) is 0. The van der Waals surface area contributed by atoms with E-state index in [1.54, 1.807) is 18.2 Å². The number of nitrogens with one attached hydrogen (secondary N) is 1. The summed E-state index contributed by atoms with van der Waals surface area (Å²) in [5.41, 5.74) is 2.16. The fourth-order valence-electron chi connectivity index (χ4n) is 1.76. The molecular weight excluding hydrogens is 300 g/mol. The summed E-state index contributed by atoms with van der Waals surface area (Å²) < 4.78 is 0. The minimum atomic E-state index is -0.253. The maximum atomic E-state index is 12.1. The Morgan fingerprint density at radius 2 is 1.81 bits per heavy atom. The van der Waals surface area contributed by atoms with Crippen LogP contribution in [0.3, 0.4) is 0 Å². The van der Waals surface area contributed by atoms with Gasteiger partial charge in [-0.25, -0.2) is 0 Å². The summed E-state index contributed by atoms with van der Waals surface area (Å²) in [5, 5.41) is 3.64. The molecule has 0 bridgehead atoms. The van der Waals surface area contributed by atoms with Crippen LogP contribution in [0.15, 0.2) is 54.2 Å². The van der Waals surface area contributed by atoms with Gasteiger partial charge in [0.15, 0.2) is 0 Å². The third-order valence-electron chi connectivity index (χ3n) is 2.67. The maximum Gasteiger partial charge on any atom is 1.00 e. The number of amides is 1. The third kappa shape index (κ3) is 5.26. The Labute approximate surface area is 147 Å². The number of allylic oxidation sites excluding steroid dienone is 1. The van der Waals surface area contributed by atoms with Crippen LogP contribution in [-0.4, -0.2) is 5.91 Å². The van der Waals surface area contributed by atoms with Crippen molar-refractivity contribution in [2.24, 2.45) is 0 Å². The van der Waals surface area contributed by atoms with Crippen molar-refractivity contribution in [3.05, 3.63) is 75.4 Å². The minimum Gasteiger partial charge on any atom is -1.00 e. The number of hydrogen-bond acceptors (Lipinski definition) is 1. The third-order valence-corrected chi connectivity index (χ3v) is 3.22. The van der Waals surface area contributed by atoms with Crippen LogP contribution in [0.25, 0.3) is 6.08 Å². The van der Waals surface area contributed by atoms with Crippen LogP contribution in [0.4, 0.5) is 0 Å². The average Bonchev–Trinajstić information content (AvgIpc) is 2.39. The quantitative estimate of drug-likeness (QED) is 0.862. The van der Waals surface area contributed by atoms with Gasteiger partial charge in [0.25, 0.3) is 5.91 Å². The Bertz CT molecular complexity index is 662. The first-order valence-corrected chi connectivity index (χ1v) is 6.81. The standard InChI is InChI=1S/C16H13Cl2NO.Li.H/c1-11(9-12-5-3-2-4-6-12)19-16(20)14-8-7-13(17)10-15(14)18;;/h2-10H,1H3,(H,19,20);;/q;+1;-1/b11-9-;;. The zero-order chi connectivity index (χ0) is 14.5. The molecule has 1 N–H and O–H groups in total. The maximum absolute atomic E-state index is 12.1. The van der Waals surface area contributed by atoms with E-state index in [-0.39, 0.29) is 26.2 Å². The van der Waals surface area contributed by atoms with Crippen molar-refractivity contribution in [2.75, 3.05) is 0 Å². The van der Waals surface area contributed by atoms with E-state index >= 15 is 0 Å². The van der Waals surface area contributed by atoms with Crippen molar-refractivity contribution < 1.29 is 25.1 Å². The topological polar surface area (TPSA) is 29.1 Å². The fourth-order valence-corrected chi connectivity index (χ4v) is 2.25. The van der Waals surface area contributed by atoms with Gasteiger partial charge in [0.1, 0.15) is 0 Å². The number of halogens is 2. The van der Waals surface area contributed by atoms with Crippen molar-refractivity contribution in [1.29, 1.82) is 0 Å². The van der Waals surface area contributed by atoms with Crippen LogP contribution >= 0.6 is 23.2 Å². The molecular formula is C16H14Cl2LiNO. The molecule has 0 heterocycles. The number of hydrogen-bond donors (Lipinski definition) is 1. The zero-order valence-corrected chi connectivity index (χ0v) is 13.4. The van der Waals surface area contributed by atoms with Crippen LogP contribution in [0.2, 0.25) is 10.0 Å². The molecule has 0 saturated heterocycles. The second-order valence-corrected chi connectivity index (χ2v) is 5.16. The van der Waals surface area contributed by atoms with E-state index < -0.39 is 0 Å². The molecule has 0 radical (unpaired) electrons. The van der Waals surface area contributed by atoms with Gasteiger partial charge in [-0.05, 0) is 36.8 Å². The first-order valence-electron chi connectivity index (χ1n) is 6.06. The molecule has 2 rings (SSSR count). The van der Waals surface area contributed by atoms with Gasteiger partial charge < -0.3 is 6.74 Å². The average molecular weight is 314 g/mol. The minimum absolute atomic E-state index is 0. The molecule has 0 aliphatic heterocycles. The number of carbonyl (C=O) groups is 1. The van der Waals surface area contributed by atoms with Gasteiger partial charge in [-0.2, -0.15) is 0 Å². The van der Waals surface area contributed by atoms with E-state index in [2.05, 4.69) is 5.32 Å². The van der Waals surface area contributed by atoms with Gasteiger partial charge in [0.05, 0.1) is 10.6 Å². The molecule has 21 heavy (non-hydrogen) atoms. The molecule has 0 aliphatic carbocycles. The van der Waals surface area contributed by atoms with Gasteiger partial charge in [0, 0.05) is 10.7 Å². The molecule has 0 atom stereocenters. The Morgan fingerprint density at radius 1 is 1.14 bits per heavy atom. The van der Waals surface area contributed by atoms with E-state index in [1.807, 2.05) is 43.3 Å². The SMILES string of the molecule is C/C(=C/c1ccccc1)NC(=O)c1ccc(Cl)cc1Cl.[H-].[Li+]. The number of carbonyl (C=O) groups excluding carboxylic acids is 1. The van der Waals surface area contributed by atoms with Crippen LogP contribution in [-0.2, 0) is 0 Å². The van der Waals surface area contributed by atoms with Crippen molar-refractivity contribution in [3.63, 3.8) is 0 Å². The predicted molar refractivity (Wildman–Crippen MR) is 85.1 cm³/mol. The molecule has 0 spiro atoms. The van der Waals surface area contributed by atoms with Gasteiger partial charge in [0.2, 0.25) is 0 Å². The summed E-state index contributed by atoms with van der Waals surface area (Å²) in [6, 6.07) is 14.5. The van der Waals surface area contributed by atoms with Gasteiger partial charge in [-0.1, -0.05) is 53.5 Å². The largest absolute Gasteiger partial charge is 1.00 e. The summed E-state index contributed by atoms with van der Waals surface area (Å²) in [6.07, 6.45) is 1.89. The second-order valence-electron chi connectivity index (χ2n) is 4.32. The van der Waals surface area contributed by atoms with Crippen molar-refractivity contribution in [2.45, 2.75) is 6.92 Å². The van der Waals surface area contributed by atoms with Crippen LogP contribution in [0.1, 0.15) is 24.3 Å². The van der Waals surface area contributed by atoms with Crippen molar-refractivity contribution in [1.82, 2.24) is 5.32 Å². The van der Waals surface area contributed by atoms with Crippen molar-refractivity contribution >= 4 is 35.2 Å². The molecule has 2 nitrogen and oxygen atoms in total. The summed E-state index contributed by atoms with van der Waals surface area (Å²) in [6.45, 7) is 1.83. The molecule has 0 unspecified atom stereocenters. The molecule has 0 saturated carbocycles.